The van der Waals surface area contributed by atoms with Gasteiger partial charge in [0, 0.05) is 21.9 Å². The molecule has 100 valence electrons. The maximum Gasteiger partial charge on any atom is 0.182 e. The lowest BCUT2D eigenvalue weighted by atomic mass is 10.1. The van der Waals surface area contributed by atoms with E-state index in [0.717, 1.165) is 21.4 Å². The molecular weight excluding hydrogens is 332 g/mol. The minimum Gasteiger partial charge on any atom is -0.336 e. The molecule has 0 radical (unpaired) electrons. The van der Waals surface area contributed by atoms with E-state index in [1.165, 1.54) is 5.56 Å². The van der Waals surface area contributed by atoms with E-state index in [1.807, 2.05) is 24.4 Å². The van der Waals surface area contributed by atoms with E-state index in [1.54, 1.807) is 0 Å². The summed E-state index contributed by atoms with van der Waals surface area (Å²) in [6, 6.07) is 16.5. The van der Waals surface area contributed by atoms with Crippen LogP contribution in [0, 0.1) is 11.7 Å². The second-order valence-electron chi connectivity index (χ2n) is 4.61. The Hall–Kier alpha value is -1.65. The fraction of sp³-hybridized carbons (Fsp3) is 0.0625. The molecule has 4 heteroatoms. The van der Waals surface area contributed by atoms with Crippen molar-refractivity contribution in [2.75, 3.05) is 0 Å². The first-order chi connectivity index (χ1) is 9.66. The molecule has 0 aliphatic carbocycles. The molecule has 0 saturated heterocycles. The van der Waals surface area contributed by atoms with E-state index in [-0.39, 0.29) is 0 Å². The number of hydrogen-bond acceptors (Lipinski definition) is 1. The Labute approximate surface area is 131 Å². The number of aryl methyl sites for hydroxylation is 1. The molecule has 20 heavy (non-hydrogen) atoms. The van der Waals surface area contributed by atoms with Crippen LogP contribution < -0.4 is 0 Å². The van der Waals surface area contributed by atoms with Crippen LogP contribution in [-0.2, 0) is 0 Å². The zero-order valence-corrected chi connectivity index (χ0v) is 13.3. The van der Waals surface area contributed by atoms with Crippen LogP contribution in [0.1, 0.15) is 5.56 Å². The maximum absolute atomic E-state index is 5.42. The van der Waals surface area contributed by atoms with E-state index in [9.17, 15) is 0 Å². The average molecular weight is 345 g/mol. The van der Waals surface area contributed by atoms with Crippen molar-refractivity contribution >= 4 is 28.1 Å². The number of nitrogens with zero attached hydrogens (tertiary/aromatic N) is 1. The zero-order chi connectivity index (χ0) is 14.1. The minimum atomic E-state index is 0.694. The minimum absolute atomic E-state index is 0.694. The van der Waals surface area contributed by atoms with Crippen LogP contribution in [-0.4, -0.2) is 9.55 Å². The third-order valence-corrected chi connectivity index (χ3v) is 4.41. The summed E-state index contributed by atoms with van der Waals surface area (Å²) in [5.41, 5.74) is 4.45. The summed E-state index contributed by atoms with van der Waals surface area (Å²) < 4.78 is 3.83. The van der Waals surface area contributed by atoms with Crippen LogP contribution in [0.5, 0.6) is 0 Å². The summed E-state index contributed by atoms with van der Waals surface area (Å²) in [4.78, 5) is 3.13. The Kier molecular flexibility index (Phi) is 3.59. The Morgan fingerprint density at radius 1 is 1.10 bits per heavy atom. The highest BCUT2D eigenvalue weighted by Crippen LogP contribution is 2.26. The lowest BCUT2D eigenvalue weighted by Gasteiger charge is -2.10. The molecule has 0 saturated carbocycles. The summed E-state index contributed by atoms with van der Waals surface area (Å²) in [7, 11) is 0. The van der Waals surface area contributed by atoms with Gasteiger partial charge in [0.1, 0.15) is 0 Å². The number of benzene rings is 2. The van der Waals surface area contributed by atoms with Crippen molar-refractivity contribution in [3.05, 3.63) is 69.5 Å². The van der Waals surface area contributed by atoms with E-state index in [2.05, 4.69) is 62.7 Å². The van der Waals surface area contributed by atoms with Gasteiger partial charge in [-0.15, -0.1) is 0 Å². The van der Waals surface area contributed by atoms with Crippen LogP contribution >= 0.6 is 28.1 Å². The fourth-order valence-electron chi connectivity index (χ4n) is 2.17. The fourth-order valence-corrected chi connectivity index (χ4v) is 2.80. The SMILES string of the molecule is Cc1ccc(-n2c(-c3ccccc3)c[nH]c2=S)cc1Br. The van der Waals surface area contributed by atoms with Crippen LogP contribution in [0.4, 0.5) is 0 Å². The van der Waals surface area contributed by atoms with Gasteiger partial charge >= 0.3 is 0 Å². The van der Waals surface area contributed by atoms with Gasteiger partial charge in [-0.3, -0.25) is 4.57 Å². The first-order valence-electron chi connectivity index (χ1n) is 6.29. The standard InChI is InChI=1S/C16H13BrN2S/c1-11-7-8-13(9-14(11)17)19-15(10-18-16(19)20)12-5-3-2-4-6-12/h2-10H,1H3,(H,18,20). The predicted octanol–water partition coefficient (Wildman–Crippen LogP) is 5.27. The van der Waals surface area contributed by atoms with Crippen molar-refractivity contribution in [3.8, 4) is 16.9 Å². The largest absolute Gasteiger partial charge is 0.336 e. The van der Waals surface area contributed by atoms with Gasteiger partial charge in [0.15, 0.2) is 4.77 Å². The average Bonchev–Trinajstić information content (AvgIpc) is 2.85. The number of aromatic amines is 1. The van der Waals surface area contributed by atoms with Gasteiger partial charge < -0.3 is 4.98 Å². The van der Waals surface area contributed by atoms with Gasteiger partial charge in [-0.25, -0.2) is 0 Å². The summed E-state index contributed by atoms with van der Waals surface area (Å²) in [6.07, 6.45) is 1.95. The summed E-state index contributed by atoms with van der Waals surface area (Å²) in [5, 5.41) is 0. The third-order valence-electron chi connectivity index (χ3n) is 3.26. The number of H-pyrrole nitrogens is 1. The number of rotatable bonds is 2. The lowest BCUT2D eigenvalue weighted by molar-refractivity contribution is 1.03. The molecule has 1 aromatic heterocycles. The molecule has 0 unspecified atom stereocenters. The van der Waals surface area contributed by atoms with E-state index >= 15 is 0 Å². The summed E-state index contributed by atoms with van der Waals surface area (Å²) in [5.74, 6) is 0. The van der Waals surface area contributed by atoms with Crippen LogP contribution in [0.25, 0.3) is 16.9 Å². The first kappa shape index (κ1) is 13.3. The molecule has 0 aliphatic heterocycles. The Bertz CT molecular complexity index is 803. The highest BCUT2D eigenvalue weighted by molar-refractivity contribution is 9.10. The Balaban J connectivity index is 2.22. The second kappa shape index (κ2) is 5.38. The van der Waals surface area contributed by atoms with Gasteiger partial charge in [0.25, 0.3) is 0 Å². The molecule has 3 aromatic rings. The highest BCUT2D eigenvalue weighted by atomic mass is 79.9. The zero-order valence-electron chi connectivity index (χ0n) is 10.9. The van der Waals surface area contributed by atoms with Gasteiger partial charge in [0.05, 0.1) is 5.69 Å². The quantitative estimate of drug-likeness (QED) is 0.627. The number of halogens is 1. The second-order valence-corrected chi connectivity index (χ2v) is 5.86. The van der Waals surface area contributed by atoms with Crippen LogP contribution in [0.3, 0.4) is 0 Å². The van der Waals surface area contributed by atoms with E-state index < -0.39 is 0 Å². The number of hydrogen-bond donors (Lipinski definition) is 1. The molecule has 3 rings (SSSR count). The molecule has 2 nitrogen and oxygen atoms in total. The molecule has 0 fully saturated rings. The smallest absolute Gasteiger partial charge is 0.182 e. The monoisotopic (exact) mass is 344 g/mol. The number of imidazole rings is 1. The molecule has 1 heterocycles. The summed E-state index contributed by atoms with van der Waals surface area (Å²) in [6.45, 7) is 2.07. The van der Waals surface area contributed by atoms with Crippen molar-refractivity contribution in [2.24, 2.45) is 0 Å². The number of aromatic nitrogens is 2. The van der Waals surface area contributed by atoms with Gasteiger partial charge in [0.2, 0.25) is 0 Å². The summed E-state index contributed by atoms with van der Waals surface area (Å²) >= 11 is 9.00. The highest BCUT2D eigenvalue weighted by Gasteiger charge is 2.09. The topological polar surface area (TPSA) is 20.7 Å². The molecule has 2 aromatic carbocycles. The lowest BCUT2D eigenvalue weighted by Crippen LogP contribution is -1.97. The van der Waals surface area contributed by atoms with Gasteiger partial charge in [-0.2, -0.15) is 0 Å². The van der Waals surface area contributed by atoms with Crippen molar-refractivity contribution in [1.29, 1.82) is 0 Å². The van der Waals surface area contributed by atoms with Gasteiger partial charge in [-0.05, 0) is 36.8 Å². The Morgan fingerprint density at radius 2 is 1.85 bits per heavy atom. The third kappa shape index (κ3) is 2.37. The molecular formula is C16H13BrN2S. The molecule has 1 N–H and O–H groups in total. The Morgan fingerprint density at radius 3 is 2.55 bits per heavy atom. The molecule has 0 aliphatic rings. The van der Waals surface area contributed by atoms with Crippen molar-refractivity contribution < 1.29 is 0 Å². The first-order valence-corrected chi connectivity index (χ1v) is 7.49. The van der Waals surface area contributed by atoms with Crippen LogP contribution in [0.15, 0.2) is 59.2 Å². The van der Waals surface area contributed by atoms with E-state index in [0.29, 0.717) is 4.77 Å². The van der Waals surface area contributed by atoms with Gasteiger partial charge in [-0.1, -0.05) is 52.3 Å². The van der Waals surface area contributed by atoms with Crippen molar-refractivity contribution in [3.63, 3.8) is 0 Å². The normalized spacial score (nSPS) is 10.7. The molecule has 0 bridgehead atoms. The molecule has 0 amide bonds. The molecule has 0 atom stereocenters. The van der Waals surface area contributed by atoms with Crippen molar-refractivity contribution in [1.82, 2.24) is 9.55 Å². The van der Waals surface area contributed by atoms with E-state index in [4.69, 9.17) is 12.2 Å². The maximum atomic E-state index is 5.42. The predicted molar refractivity (Wildman–Crippen MR) is 88.8 cm³/mol. The number of nitrogens with one attached hydrogen (secondary N) is 1. The molecule has 0 spiro atoms. The van der Waals surface area contributed by atoms with Crippen molar-refractivity contribution in [2.45, 2.75) is 6.92 Å². The van der Waals surface area contributed by atoms with Crippen LogP contribution in [0.2, 0.25) is 0 Å².